The van der Waals surface area contributed by atoms with E-state index in [9.17, 15) is 9.59 Å². The van der Waals surface area contributed by atoms with E-state index in [0.29, 0.717) is 18.8 Å². The van der Waals surface area contributed by atoms with Crippen LogP contribution in [0.1, 0.15) is 48.3 Å². The Morgan fingerprint density at radius 1 is 1.18 bits per heavy atom. The number of carboxylic acids is 2. The van der Waals surface area contributed by atoms with Gasteiger partial charge in [0.1, 0.15) is 0 Å². The molecule has 4 nitrogen and oxygen atoms in total. The number of rotatable bonds is 5. The summed E-state index contributed by atoms with van der Waals surface area (Å²) in [5, 5.41) is 18.0. The molecule has 0 bridgehead atoms. The van der Waals surface area contributed by atoms with E-state index in [1.807, 2.05) is 0 Å². The number of aliphatic carboxylic acids is 2. The van der Waals surface area contributed by atoms with Crippen molar-refractivity contribution in [1.82, 2.24) is 0 Å². The average Bonchev–Trinajstić information content (AvgIpc) is 2.25. The standard InChI is InChI=1S/C12H20O4.Ca.2H/c1-2-3-4-8-5-6-9(11(13)14)10(7-8)12(15)16;;;/h8-10H,2-7H2,1H3,(H,13,14)(H,15,16);;;/q;+2;2*-1. The molecule has 0 aromatic carbocycles. The van der Waals surface area contributed by atoms with Crippen molar-refractivity contribution in [3.8, 4) is 0 Å². The zero-order chi connectivity index (χ0) is 12.1. The van der Waals surface area contributed by atoms with Gasteiger partial charge in [0.15, 0.2) is 0 Å². The van der Waals surface area contributed by atoms with Gasteiger partial charge in [0.05, 0.1) is 11.8 Å². The second-order valence-electron chi connectivity index (χ2n) is 4.71. The third kappa shape index (κ3) is 5.14. The van der Waals surface area contributed by atoms with E-state index in [1.54, 1.807) is 0 Å². The third-order valence-electron chi connectivity index (χ3n) is 3.56. The Kier molecular flexibility index (Phi) is 8.43. The van der Waals surface area contributed by atoms with E-state index < -0.39 is 23.8 Å². The van der Waals surface area contributed by atoms with Crippen LogP contribution in [0.2, 0.25) is 0 Å². The van der Waals surface area contributed by atoms with Gasteiger partial charge < -0.3 is 13.1 Å². The molecular weight excluding hydrogens is 248 g/mol. The zero-order valence-electron chi connectivity index (χ0n) is 12.4. The monoisotopic (exact) mass is 270 g/mol. The van der Waals surface area contributed by atoms with Crippen LogP contribution in [0.25, 0.3) is 0 Å². The summed E-state index contributed by atoms with van der Waals surface area (Å²) in [6.07, 6.45) is 5.16. The van der Waals surface area contributed by atoms with Crippen molar-refractivity contribution in [3.63, 3.8) is 0 Å². The first-order valence-electron chi connectivity index (χ1n) is 6.01. The van der Waals surface area contributed by atoms with E-state index in [1.165, 1.54) is 0 Å². The second-order valence-corrected chi connectivity index (χ2v) is 4.71. The normalized spacial score (nSPS) is 28.2. The van der Waals surface area contributed by atoms with Gasteiger partial charge in [0.2, 0.25) is 0 Å². The maximum atomic E-state index is 11.0. The Morgan fingerprint density at radius 2 is 1.76 bits per heavy atom. The van der Waals surface area contributed by atoms with Crippen LogP contribution in [0.5, 0.6) is 0 Å². The molecule has 0 amide bonds. The molecule has 0 spiro atoms. The average molecular weight is 270 g/mol. The second kappa shape index (κ2) is 8.33. The van der Waals surface area contributed by atoms with Crippen LogP contribution in [0.3, 0.4) is 0 Å². The number of hydrogen-bond donors (Lipinski definition) is 2. The van der Waals surface area contributed by atoms with Gasteiger partial charge in [-0.15, -0.1) is 0 Å². The first-order valence-corrected chi connectivity index (χ1v) is 6.01. The van der Waals surface area contributed by atoms with Crippen molar-refractivity contribution in [2.24, 2.45) is 17.8 Å². The molecule has 1 aliphatic carbocycles. The van der Waals surface area contributed by atoms with Crippen LogP contribution in [-0.2, 0) is 9.59 Å². The summed E-state index contributed by atoms with van der Waals surface area (Å²) in [6.45, 7) is 2.11. The van der Waals surface area contributed by atoms with Crippen molar-refractivity contribution in [1.29, 1.82) is 0 Å². The molecule has 1 rings (SSSR count). The van der Waals surface area contributed by atoms with E-state index in [0.717, 1.165) is 25.7 Å². The first kappa shape index (κ1) is 17.2. The molecule has 0 aromatic rings. The summed E-state index contributed by atoms with van der Waals surface area (Å²) in [6, 6.07) is 0. The molecule has 1 aliphatic rings. The van der Waals surface area contributed by atoms with Crippen LogP contribution in [0, 0.1) is 17.8 Å². The number of carbonyl (C=O) groups is 2. The minimum atomic E-state index is -0.957. The van der Waals surface area contributed by atoms with Crippen molar-refractivity contribution in [2.45, 2.75) is 45.4 Å². The zero-order valence-corrected chi connectivity index (χ0v) is 12.6. The van der Waals surface area contributed by atoms with Crippen LogP contribution in [0.15, 0.2) is 0 Å². The van der Waals surface area contributed by atoms with E-state index in [-0.39, 0.29) is 40.6 Å². The van der Waals surface area contributed by atoms with Crippen LogP contribution in [0.4, 0.5) is 0 Å². The van der Waals surface area contributed by atoms with Crippen LogP contribution >= 0.6 is 0 Å². The maximum Gasteiger partial charge on any atom is 2.00 e. The summed E-state index contributed by atoms with van der Waals surface area (Å²) in [7, 11) is 0. The van der Waals surface area contributed by atoms with Crippen molar-refractivity contribution < 1.29 is 22.7 Å². The van der Waals surface area contributed by atoms with Gasteiger partial charge >= 0.3 is 49.7 Å². The largest absolute Gasteiger partial charge is 2.00 e. The Bertz CT molecular complexity index is 276. The predicted molar refractivity (Wildman–Crippen MR) is 67.1 cm³/mol. The molecule has 17 heavy (non-hydrogen) atoms. The molecule has 0 radical (unpaired) electrons. The topological polar surface area (TPSA) is 74.6 Å². The first-order chi connectivity index (χ1) is 7.56. The fourth-order valence-electron chi connectivity index (χ4n) is 2.58. The molecule has 2 N–H and O–H groups in total. The van der Waals surface area contributed by atoms with Gasteiger partial charge in [-0.3, -0.25) is 9.59 Å². The van der Waals surface area contributed by atoms with E-state index in [2.05, 4.69) is 6.92 Å². The van der Waals surface area contributed by atoms with Crippen LogP contribution in [-0.4, -0.2) is 59.9 Å². The Morgan fingerprint density at radius 3 is 2.24 bits per heavy atom. The fraction of sp³-hybridized carbons (Fsp3) is 0.833. The number of hydrogen-bond acceptors (Lipinski definition) is 2. The Hall–Kier alpha value is 0.200. The van der Waals surface area contributed by atoms with Crippen molar-refractivity contribution in [3.05, 3.63) is 0 Å². The molecule has 1 saturated carbocycles. The third-order valence-corrected chi connectivity index (χ3v) is 3.56. The van der Waals surface area contributed by atoms with Crippen molar-refractivity contribution in [2.75, 3.05) is 0 Å². The molecule has 96 valence electrons. The van der Waals surface area contributed by atoms with Crippen molar-refractivity contribution >= 4 is 49.7 Å². The summed E-state index contributed by atoms with van der Waals surface area (Å²) in [5.41, 5.74) is 0. The molecule has 0 saturated heterocycles. The maximum absolute atomic E-state index is 11.0. The summed E-state index contributed by atoms with van der Waals surface area (Å²) in [4.78, 5) is 22.0. The minimum Gasteiger partial charge on any atom is -1.00 e. The van der Waals surface area contributed by atoms with Gasteiger partial charge in [-0.05, 0) is 25.2 Å². The smallest absolute Gasteiger partial charge is 1.00 e. The van der Waals surface area contributed by atoms with Gasteiger partial charge in [-0.25, -0.2) is 0 Å². The van der Waals surface area contributed by atoms with Gasteiger partial charge in [-0.1, -0.05) is 26.2 Å². The molecule has 1 fully saturated rings. The predicted octanol–water partition coefficient (Wildman–Crippen LogP) is 2.22. The van der Waals surface area contributed by atoms with E-state index >= 15 is 0 Å². The van der Waals surface area contributed by atoms with Gasteiger partial charge in [-0.2, -0.15) is 0 Å². The minimum absolute atomic E-state index is 0. The summed E-state index contributed by atoms with van der Waals surface area (Å²) >= 11 is 0. The quantitative estimate of drug-likeness (QED) is 0.751. The molecular formula is C12H22CaO4. The fourth-order valence-corrected chi connectivity index (χ4v) is 2.58. The van der Waals surface area contributed by atoms with Crippen LogP contribution < -0.4 is 0 Å². The number of carboxylic acid groups (broad SMARTS) is 2. The molecule has 0 aliphatic heterocycles. The van der Waals surface area contributed by atoms with Gasteiger partial charge in [0.25, 0.3) is 0 Å². The molecule has 0 heterocycles. The number of unbranched alkanes of at least 4 members (excludes halogenated alkanes) is 1. The molecule has 3 atom stereocenters. The summed E-state index contributed by atoms with van der Waals surface area (Å²) in [5.74, 6) is -2.88. The molecule has 0 aromatic heterocycles. The molecule has 5 heteroatoms. The van der Waals surface area contributed by atoms with E-state index in [4.69, 9.17) is 10.2 Å². The van der Waals surface area contributed by atoms with Gasteiger partial charge in [0, 0.05) is 0 Å². The summed E-state index contributed by atoms with van der Waals surface area (Å²) < 4.78 is 0. The Labute approximate surface area is 135 Å². The molecule has 3 unspecified atom stereocenters. The SMILES string of the molecule is CCCCC1CCC(C(=O)O)C(C(=O)O)C1.[Ca+2].[H-].[H-]. The Balaban J connectivity index is -0.000000853.